The number of hydrogen-bond donors (Lipinski definition) is 2. The van der Waals surface area contributed by atoms with E-state index in [1.165, 1.54) is 24.0 Å². The second kappa shape index (κ2) is 6.15. The Morgan fingerprint density at radius 3 is 3.00 bits per heavy atom. The lowest BCUT2D eigenvalue weighted by molar-refractivity contribution is -0.00744. The third kappa shape index (κ3) is 3.53. The van der Waals surface area contributed by atoms with Gasteiger partial charge in [0.15, 0.2) is 0 Å². The van der Waals surface area contributed by atoms with Gasteiger partial charge in [-0.25, -0.2) is 0 Å². The lowest BCUT2D eigenvalue weighted by Gasteiger charge is -2.30. The molecule has 1 fully saturated rings. The van der Waals surface area contributed by atoms with Gasteiger partial charge in [-0.1, -0.05) is 29.8 Å². The summed E-state index contributed by atoms with van der Waals surface area (Å²) in [7, 11) is 0. The molecule has 0 bridgehead atoms. The van der Waals surface area contributed by atoms with E-state index in [0.717, 1.165) is 19.4 Å². The number of benzene rings is 1. The van der Waals surface area contributed by atoms with E-state index in [0.29, 0.717) is 0 Å². The summed E-state index contributed by atoms with van der Waals surface area (Å²) in [6, 6.07) is 8.80. The number of hydrogen-bond acceptors (Lipinski definition) is 3. The molecule has 0 aliphatic carbocycles. The predicted octanol–water partition coefficient (Wildman–Crippen LogP) is 1.94. The van der Waals surface area contributed by atoms with Crippen LogP contribution < -0.4 is 11.3 Å². The Bertz CT molecular complexity index is 348. The van der Waals surface area contributed by atoms with Crippen molar-refractivity contribution in [2.24, 2.45) is 5.84 Å². The quantitative estimate of drug-likeness (QED) is 0.618. The van der Waals surface area contributed by atoms with Crippen LogP contribution in [0.4, 0.5) is 0 Å². The molecule has 2 unspecified atom stereocenters. The molecule has 0 spiro atoms. The second-order valence-corrected chi connectivity index (χ2v) is 4.87. The molecule has 3 N–H and O–H groups in total. The molecule has 0 aromatic heterocycles. The average Bonchev–Trinajstić information content (AvgIpc) is 2.37. The third-order valence-corrected chi connectivity index (χ3v) is 3.42. The molecule has 1 aliphatic heterocycles. The Hall–Kier alpha value is -0.900. The summed E-state index contributed by atoms with van der Waals surface area (Å²) >= 11 is 0. The molecule has 17 heavy (non-hydrogen) atoms. The summed E-state index contributed by atoms with van der Waals surface area (Å²) in [5.74, 6) is 5.66. The molecule has 0 saturated carbocycles. The van der Waals surface area contributed by atoms with Crippen molar-refractivity contribution < 1.29 is 4.74 Å². The number of nitrogens with two attached hydrogens (primary N) is 1. The lowest BCUT2D eigenvalue weighted by atomic mass is 9.96. The first-order chi connectivity index (χ1) is 8.29. The van der Waals surface area contributed by atoms with E-state index in [4.69, 9.17) is 10.6 Å². The van der Waals surface area contributed by atoms with Crippen molar-refractivity contribution in [2.75, 3.05) is 6.61 Å². The van der Waals surface area contributed by atoms with Gasteiger partial charge in [-0.05, 0) is 38.2 Å². The molecule has 1 aromatic rings. The minimum Gasteiger partial charge on any atom is -0.377 e. The lowest BCUT2D eigenvalue weighted by Crippen LogP contribution is -2.47. The first-order valence-corrected chi connectivity index (χ1v) is 6.43. The van der Waals surface area contributed by atoms with Crippen LogP contribution in [0.2, 0.25) is 0 Å². The van der Waals surface area contributed by atoms with E-state index >= 15 is 0 Å². The van der Waals surface area contributed by atoms with Gasteiger partial charge in [0.2, 0.25) is 0 Å². The minimum absolute atomic E-state index is 0.220. The fourth-order valence-electron chi connectivity index (χ4n) is 2.47. The standard InChI is InChI=1S/C14H22N2O/c1-11-5-4-6-12(9-11)10-13(16-15)14-7-2-3-8-17-14/h4-6,9,13-14,16H,2-3,7-8,10,15H2,1H3. The highest BCUT2D eigenvalue weighted by Gasteiger charge is 2.23. The van der Waals surface area contributed by atoms with Gasteiger partial charge < -0.3 is 4.74 Å². The summed E-state index contributed by atoms with van der Waals surface area (Å²) in [4.78, 5) is 0. The first-order valence-electron chi connectivity index (χ1n) is 6.43. The smallest absolute Gasteiger partial charge is 0.0744 e. The van der Waals surface area contributed by atoms with Crippen molar-refractivity contribution in [3.8, 4) is 0 Å². The van der Waals surface area contributed by atoms with Crippen molar-refractivity contribution in [1.29, 1.82) is 0 Å². The zero-order valence-electron chi connectivity index (χ0n) is 10.5. The van der Waals surface area contributed by atoms with Gasteiger partial charge in [-0.15, -0.1) is 0 Å². The maximum atomic E-state index is 5.79. The van der Waals surface area contributed by atoms with E-state index < -0.39 is 0 Å². The van der Waals surface area contributed by atoms with E-state index in [1.54, 1.807) is 0 Å². The fraction of sp³-hybridized carbons (Fsp3) is 0.571. The van der Waals surface area contributed by atoms with Crippen LogP contribution >= 0.6 is 0 Å². The molecule has 0 amide bonds. The normalized spacial score (nSPS) is 22.4. The molecular weight excluding hydrogens is 212 g/mol. The minimum atomic E-state index is 0.220. The summed E-state index contributed by atoms with van der Waals surface area (Å²) < 4.78 is 5.79. The van der Waals surface area contributed by atoms with Crippen LogP contribution in [0.1, 0.15) is 30.4 Å². The van der Waals surface area contributed by atoms with Crippen molar-refractivity contribution in [1.82, 2.24) is 5.43 Å². The summed E-state index contributed by atoms with van der Waals surface area (Å²) in [5.41, 5.74) is 5.53. The molecule has 1 aliphatic rings. The molecule has 3 nitrogen and oxygen atoms in total. The number of aryl methyl sites for hydroxylation is 1. The molecule has 1 saturated heterocycles. The number of nitrogens with one attached hydrogen (secondary N) is 1. The van der Waals surface area contributed by atoms with E-state index in [-0.39, 0.29) is 12.1 Å². The van der Waals surface area contributed by atoms with E-state index in [9.17, 15) is 0 Å². The maximum Gasteiger partial charge on any atom is 0.0744 e. The van der Waals surface area contributed by atoms with Crippen molar-refractivity contribution in [3.05, 3.63) is 35.4 Å². The molecule has 0 radical (unpaired) electrons. The Morgan fingerprint density at radius 1 is 1.47 bits per heavy atom. The monoisotopic (exact) mass is 234 g/mol. The third-order valence-electron chi connectivity index (χ3n) is 3.42. The molecule has 3 heteroatoms. The van der Waals surface area contributed by atoms with Crippen LogP contribution in [0.3, 0.4) is 0 Å². The van der Waals surface area contributed by atoms with Crippen LogP contribution in [-0.4, -0.2) is 18.8 Å². The Kier molecular flexibility index (Phi) is 4.54. The first kappa shape index (κ1) is 12.6. The Labute approximate surface area is 103 Å². The highest BCUT2D eigenvalue weighted by molar-refractivity contribution is 5.23. The SMILES string of the molecule is Cc1cccc(CC(NN)C2CCCCO2)c1. The van der Waals surface area contributed by atoms with Gasteiger partial charge in [0.1, 0.15) is 0 Å². The van der Waals surface area contributed by atoms with Gasteiger partial charge in [-0.3, -0.25) is 11.3 Å². The van der Waals surface area contributed by atoms with E-state index in [2.05, 4.69) is 36.6 Å². The van der Waals surface area contributed by atoms with Crippen LogP contribution in [0.25, 0.3) is 0 Å². The van der Waals surface area contributed by atoms with E-state index in [1.807, 2.05) is 0 Å². The zero-order chi connectivity index (χ0) is 12.1. The van der Waals surface area contributed by atoms with Crippen LogP contribution in [-0.2, 0) is 11.2 Å². The highest BCUT2D eigenvalue weighted by Crippen LogP contribution is 2.18. The maximum absolute atomic E-state index is 5.79. The van der Waals surface area contributed by atoms with Gasteiger partial charge in [0, 0.05) is 6.61 Å². The number of hydrazine groups is 1. The second-order valence-electron chi connectivity index (χ2n) is 4.87. The molecule has 1 aromatic carbocycles. The summed E-state index contributed by atoms with van der Waals surface area (Å²) in [6.45, 7) is 2.99. The molecule has 2 atom stereocenters. The predicted molar refractivity (Wildman–Crippen MR) is 69.6 cm³/mol. The summed E-state index contributed by atoms with van der Waals surface area (Å²) in [5, 5.41) is 0. The topological polar surface area (TPSA) is 47.3 Å². The van der Waals surface area contributed by atoms with Gasteiger partial charge >= 0.3 is 0 Å². The number of rotatable bonds is 4. The fourth-order valence-corrected chi connectivity index (χ4v) is 2.47. The highest BCUT2D eigenvalue weighted by atomic mass is 16.5. The molecular formula is C14H22N2O. The van der Waals surface area contributed by atoms with Crippen molar-refractivity contribution in [2.45, 2.75) is 44.8 Å². The van der Waals surface area contributed by atoms with Crippen molar-refractivity contribution >= 4 is 0 Å². The molecule has 94 valence electrons. The number of ether oxygens (including phenoxy) is 1. The average molecular weight is 234 g/mol. The molecule has 2 rings (SSSR count). The van der Waals surface area contributed by atoms with Gasteiger partial charge in [0.05, 0.1) is 12.1 Å². The molecule has 1 heterocycles. The zero-order valence-corrected chi connectivity index (χ0v) is 10.5. The Morgan fingerprint density at radius 2 is 2.35 bits per heavy atom. The van der Waals surface area contributed by atoms with Crippen LogP contribution in [0.15, 0.2) is 24.3 Å². The van der Waals surface area contributed by atoms with Gasteiger partial charge in [0.25, 0.3) is 0 Å². The van der Waals surface area contributed by atoms with Gasteiger partial charge in [-0.2, -0.15) is 0 Å². The van der Waals surface area contributed by atoms with Crippen molar-refractivity contribution in [3.63, 3.8) is 0 Å². The largest absolute Gasteiger partial charge is 0.377 e. The summed E-state index contributed by atoms with van der Waals surface area (Å²) in [6.07, 6.45) is 4.73. The van der Waals surface area contributed by atoms with Crippen LogP contribution in [0, 0.1) is 6.92 Å². The van der Waals surface area contributed by atoms with Crippen LogP contribution in [0.5, 0.6) is 0 Å². The Balaban J connectivity index is 1.98.